The summed E-state index contributed by atoms with van der Waals surface area (Å²) in [6.45, 7) is 13.9. The molecule has 15 nitrogen and oxygen atoms in total. The first-order valence-corrected chi connectivity index (χ1v) is 18.3. The second-order valence-corrected chi connectivity index (χ2v) is 16.3. The molecule has 0 saturated carbocycles. The number of carbonyl (C=O) groups excluding carboxylic acids is 5. The number of hydrogen-bond acceptors (Lipinski definition) is 11. The summed E-state index contributed by atoms with van der Waals surface area (Å²) in [4.78, 5) is 79.0. The highest BCUT2D eigenvalue weighted by atomic mass is 16.6. The van der Waals surface area contributed by atoms with E-state index >= 15 is 0 Å². The average Bonchev–Trinajstić information content (AvgIpc) is 3.35. The van der Waals surface area contributed by atoms with E-state index in [0.717, 1.165) is 27.2 Å². The first-order valence-electron chi connectivity index (χ1n) is 18.3. The summed E-state index contributed by atoms with van der Waals surface area (Å²) in [6, 6.07) is 14.3. The summed E-state index contributed by atoms with van der Waals surface area (Å²) in [6.07, 6.45) is -1.92. The zero-order chi connectivity index (χ0) is 41.1. The lowest BCUT2D eigenvalue weighted by molar-refractivity contribution is -0.160. The predicted octanol–water partition coefficient (Wildman–Crippen LogP) is 4.71. The third-order valence-corrected chi connectivity index (χ3v) is 7.91. The van der Waals surface area contributed by atoms with Gasteiger partial charge in [-0.3, -0.25) is 24.2 Å². The minimum atomic E-state index is -1.38. The summed E-state index contributed by atoms with van der Waals surface area (Å²) >= 11 is 0. The molecule has 0 spiro atoms. The molecule has 3 rings (SSSR count). The van der Waals surface area contributed by atoms with Crippen LogP contribution in [0.5, 0.6) is 0 Å². The van der Waals surface area contributed by atoms with E-state index in [1.807, 2.05) is 48.5 Å². The van der Waals surface area contributed by atoms with Crippen molar-refractivity contribution >= 4 is 36.0 Å². The number of esters is 2. The Hall–Kier alpha value is -5.18. The molecule has 0 unspecified atom stereocenters. The molecular weight excluding hydrogens is 712 g/mol. The maximum absolute atomic E-state index is 13.2. The number of aliphatic carboxylic acids is 1. The van der Waals surface area contributed by atoms with Gasteiger partial charge in [0, 0.05) is 25.6 Å². The number of benzene rings is 2. The number of nitrogens with zero attached hydrogens (tertiary/aromatic N) is 2. The summed E-state index contributed by atoms with van der Waals surface area (Å²) in [5.41, 5.74) is 1.66. The van der Waals surface area contributed by atoms with Crippen molar-refractivity contribution in [2.45, 2.75) is 97.5 Å². The lowest BCUT2D eigenvalue weighted by atomic mass is 9.98. The summed E-state index contributed by atoms with van der Waals surface area (Å²) in [7, 11) is 0. The second kappa shape index (κ2) is 18.9. The van der Waals surface area contributed by atoms with Crippen molar-refractivity contribution in [2.75, 3.05) is 45.9 Å². The largest absolute Gasteiger partial charge is 0.480 e. The molecule has 1 aliphatic carbocycles. The Bertz CT molecular complexity index is 1620. The van der Waals surface area contributed by atoms with Gasteiger partial charge in [-0.15, -0.1) is 0 Å². The molecule has 1 aliphatic rings. The van der Waals surface area contributed by atoms with Crippen molar-refractivity contribution < 1.29 is 52.8 Å². The van der Waals surface area contributed by atoms with E-state index in [4.69, 9.17) is 18.9 Å². The standard InChI is InChI=1S/C40H56N4O11/c1-38(2,3)53-33(46)23-43(24-34(47)54-39(4,5)6)20-21-44(37(51)55-40(7,8)9)22-32(45)41-19-18-31(35(48)49)42-36(50)52-25-30-28-16-12-10-14-26(28)27-15-11-13-17-29(27)30/h10-17,30-31H,18-25H2,1-9H3,(H,41,45)(H,42,50)(H,48,49)/t31-/m0/s1. The number of carbonyl (C=O) groups is 6. The van der Waals surface area contributed by atoms with Crippen molar-refractivity contribution in [3.63, 3.8) is 0 Å². The predicted molar refractivity (Wildman–Crippen MR) is 203 cm³/mol. The fourth-order valence-corrected chi connectivity index (χ4v) is 5.78. The summed E-state index contributed by atoms with van der Waals surface area (Å²) in [5.74, 6) is -3.37. The van der Waals surface area contributed by atoms with Gasteiger partial charge in [0.1, 0.15) is 36.0 Å². The molecule has 55 heavy (non-hydrogen) atoms. The number of amides is 3. The molecule has 3 amide bonds. The third kappa shape index (κ3) is 15.2. The lowest BCUT2D eigenvalue weighted by Gasteiger charge is -2.30. The first-order chi connectivity index (χ1) is 25.5. The molecule has 0 saturated heterocycles. The maximum atomic E-state index is 13.2. The third-order valence-electron chi connectivity index (χ3n) is 7.91. The van der Waals surface area contributed by atoms with Crippen LogP contribution in [0, 0.1) is 0 Å². The van der Waals surface area contributed by atoms with Crippen LogP contribution in [0.2, 0.25) is 0 Å². The molecule has 3 N–H and O–H groups in total. The molecule has 15 heteroatoms. The Balaban J connectivity index is 1.60. The highest BCUT2D eigenvalue weighted by Crippen LogP contribution is 2.44. The van der Waals surface area contributed by atoms with Crippen LogP contribution < -0.4 is 10.6 Å². The SMILES string of the molecule is CC(C)(C)OC(=O)CN(CCN(CC(=O)NCC[C@H](NC(=O)OCC1c2ccccc2-c2ccccc21)C(=O)O)C(=O)OC(C)(C)C)CC(=O)OC(C)(C)C. The number of nitrogens with one attached hydrogen (secondary N) is 2. The fourth-order valence-electron chi connectivity index (χ4n) is 5.78. The van der Waals surface area contributed by atoms with E-state index in [1.165, 1.54) is 4.90 Å². The molecule has 0 bridgehead atoms. The summed E-state index contributed by atoms with van der Waals surface area (Å²) < 4.78 is 21.8. The van der Waals surface area contributed by atoms with Gasteiger partial charge >= 0.3 is 30.1 Å². The number of carboxylic acid groups (broad SMARTS) is 1. The molecule has 0 aromatic heterocycles. The highest BCUT2D eigenvalue weighted by molar-refractivity contribution is 5.83. The minimum absolute atomic E-state index is 0.00356. The van der Waals surface area contributed by atoms with Crippen molar-refractivity contribution in [1.29, 1.82) is 0 Å². The van der Waals surface area contributed by atoms with Crippen LogP contribution in [0.3, 0.4) is 0 Å². The first kappa shape index (κ1) is 44.2. The quantitative estimate of drug-likeness (QED) is 0.158. The monoisotopic (exact) mass is 768 g/mol. The minimum Gasteiger partial charge on any atom is -0.480 e. The van der Waals surface area contributed by atoms with E-state index < -0.39 is 65.4 Å². The van der Waals surface area contributed by atoms with E-state index in [9.17, 15) is 33.9 Å². The van der Waals surface area contributed by atoms with E-state index in [1.54, 1.807) is 62.3 Å². The van der Waals surface area contributed by atoms with Gasteiger partial charge < -0.3 is 34.7 Å². The number of fused-ring (bicyclic) bond motifs is 3. The fraction of sp³-hybridized carbons (Fsp3) is 0.550. The van der Waals surface area contributed by atoms with Gasteiger partial charge in [0.25, 0.3) is 0 Å². The molecule has 0 aliphatic heterocycles. The topological polar surface area (TPSA) is 190 Å². The van der Waals surface area contributed by atoms with Crippen LogP contribution in [0.1, 0.15) is 85.8 Å². The van der Waals surface area contributed by atoms with Crippen LogP contribution in [-0.4, -0.2) is 120 Å². The van der Waals surface area contributed by atoms with Crippen molar-refractivity contribution in [3.05, 3.63) is 59.7 Å². The van der Waals surface area contributed by atoms with Gasteiger partial charge in [-0.05, 0) is 91.0 Å². The lowest BCUT2D eigenvalue weighted by Crippen LogP contribution is -2.48. The van der Waals surface area contributed by atoms with Gasteiger partial charge in [-0.2, -0.15) is 0 Å². The van der Waals surface area contributed by atoms with E-state index in [0.29, 0.717) is 0 Å². The van der Waals surface area contributed by atoms with Crippen molar-refractivity contribution in [3.8, 4) is 11.1 Å². The van der Waals surface area contributed by atoms with Crippen LogP contribution >= 0.6 is 0 Å². The molecule has 0 heterocycles. The maximum Gasteiger partial charge on any atom is 0.410 e. The van der Waals surface area contributed by atoms with Crippen molar-refractivity contribution in [1.82, 2.24) is 20.4 Å². The van der Waals surface area contributed by atoms with Crippen LogP contribution in [0.4, 0.5) is 9.59 Å². The molecular formula is C40H56N4O11. The van der Waals surface area contributed by atoms with Crippen LogP contribution in [-0.2, 0) is 38.1 Å². The molecule has 302 valence electrons. The number of alkyl carbamates (subject to hydrolysis) is 1. The van der Waals surface area contributed by atoms with Gasteiger partial charge in [-0.25, -0.2) is 14.4 Å². The normalized spacial score (nSPS) is 13.2. The Kier molecular flexibility index (Phi) is 15.2. The number of rotatable bonds is 16. The summed E-state index contributed by atoms with van der Waals surface area (Å²) in [5, 5.41) is 14.7. The second-order valence-electron chi connectivity index (χ2n) is 16.3. The Morgan fingerprint density at radius 1 is 0.709 bits per heavy atom. The highest BCUT2D eigenvalue weighted by Gasteiger charge is 2.31. The van der Waals surface area contributed by atoms with Crippen molar-refractivity contribution in [2.24, 2.45) is 0 Å². The molecule has 1 atom stereocenters. The number of carboxylic acids is 1. The zero-order valence-electron chi connectivity index (χ0n) is 33.4. The van der Waals surface area contributed by atoms with Gasteiger partial charge in [0.15, 0.2) is 0 Å². The molecule has 2 aromatic rings. The van der Waals surface area contributed by atoms with Gasteiger partial charge in [0.2, 0.25) is 5.91 Å². The number of hydrogen-bond donors (Lipinski definition) is 3. The number of ether oxygens (including phenoxy) is 4. The Morgan fingerprint density at radius 3 is 1.67 bits per heavy atom. The molecule has 2 aromatic carbocycles. The average molecular weight is 769 g/mol. The molecule has 0 radical (unpaired) electrons. The zero-order valence-corrected chi connectivity index (χ0v) is 33.4. The van der Waals surface area contributed by atoms with E-state index in [-0.39, 0.29) is 51.7 Å². The smallest absolute Gasteiger partial charge is 0.410 e. The van der Waals surface area contributed by atoms with E-state index in [2.05, 4.69) is 10.6 Å². The van der Waals surface area contributed by atoms with Crippen LogP contribution in [0.15, 0.2) is 48.5 Å². The Morgan fingerprint density at radius 2 is 1.20 bits per heavy atom. The van der Waals surface area contributed by atoms with Gasteiger partial charge in [-0.1, -0.05) is 48.5 Å². The van der Waals surface area contributed by atoms with Crippen LogP contribution in [0.25, 0.3) is 11.1 Å². The molecule has 0 fully saturated rings. The Labute approximate surface area is 323 Å². The van der Waals surface area contributed by atoms with Gasteiger partial charge in [0.05, 0.1) is 13.1 Å².